The van der Waals surface area contributed by atoms with Crippen LogP contribution in [0.4, 0.5) is 8.78 Å². The minimum Gasteiger partial charge on any atom is -0.505 e. The highest BCUT2D eigenvalue weighted by Crippen LogP contribution is 2.28. The Labute approximate surface area is 97.1 Å². The Kier molecular flexibility index (Phi) is 2.95. The van der Waals surface area contributed by atoms with Crippen molar-refractivity contribution < 1.29 is 18.6 Å². The zero-order chi connectivity index (χ0) is 12.4. The third-order valence-electron chi connectivity index (χ3n) is 2.43. The maximum absolute atomic E-state index is 13.7. The van der Waals surface area contributed by atoms with Crippen LogP contribution in [0.25, 0.3) is 11.1 Å². The summed E-state index contributed by atoms with van der Waals surface area (Å²) < 4.78 is 31.7. The fourth-order valence-corrected chi connectivity index (χ4v) is 1.53. The Balaban J connectivity index is 2.49. The van der Waals surface area contributed by atoms with Crippen LogP contribution in [-0.4, -0.2) is 12.2 Å². The second-order valence-corrected chi connectivity index (χ2v) is 3.51. The maximum Gasteiger partial charge on any atom is 0.165 e. The molecular weight excluding hydrogens is 226 g/mol. The van der Waals surface area contributed by atoms with E-state index in [1.807, 2.05) is 0 Å². The number of phenolic OH excluding ortho intramolecular Hbond substituents is 1. The van der Waals surface area contributed by atoms with Gasteiger partial charge in [-0.15, -0.1) is 0 Å². The molecule has 0 aliphatic rings. The lowest BCUT2D eigenvalue weighted by molar-refractivity contribution is 0.411. The van der Waals surface area contributed by atoms with Crippen molar-refractivity contribution in [2.45, 2.75) is 0 Å². The largest absolute Gasteiger partial charge is 0.505 e. The highest BCUT2D eigenvalue weighted by Gasteiger charge is 2.09. The van der Waals surface area contributed by atoms with Gasteiger partial charge in [0.25, 0.3) is 0 Å². The average Bonchev–Trinajstić information content (AvgIpc) is 2.32. The summed E-state index contributed by atoms with van der Waals surface area (Å²) in [4.78, 5) is 0. The molecule has 0 radical (unpaired) electrons. The van der Waals surface area contributed by atoms with Crippen molar-refractivity contribution in [1.29, 1.82) is 0 Å². The van der Waals surface area contributed by atoms with Gasteiger partial charge in [0.15, 0.2) is 11.6 Å². The van der Waals surface area contributed by atoms with E-state index in [1.165, 1.54) is 31.4 Å². The minimum atomic E-state index is -0.780. The van der Waals surface area contributed by atoms with Crippen molar-refractivity contribution in [2.24, 2.45) is 0 Å². The molecule has 0 aromatic heterocycles. The molecule has 0 amide bonds. The van der Waals surface area contributed by atoms with E-state index in [2.05, 4.69) is 0 Å². The van der Waals surface area contributed by atoms with E-state index in [0.717, 1.165) is 6.07 Å². The van der Waals surface area contributed by atoms with Crippen LogP contribution >= 0.6 is 0 Å². The number of benzene rings is 2. The van der Waals surface area contributed by atoms with Gasteiger partial charge in [-0.05, 0) is 29.8 Å². The first kappa shape index (κ1) is 11.4. The van der Waals surface area contributed by atoms with Crippen molar-refractivity contribution in [3.8, 4) is 22.6 Å². The Bertz CT molecular complexity index is 553. The number of hydrogen-bond donors (Lipinski definition) is 1. The summed E-state index contributed by atoms with van der Waals surface area (Å²) in [6.07, 6.45) is 0. The van der Waals surface area contributed by atoms with Crippen LogP contribution in [0.15, 0.2) is 36.4 Å². The molecule has 0 spiro atoms. The molecule has 2 rings (SSSR count). The predicted molar refractivity (Wildman–Crippen MR) is 60.0 cm³/mol. The molecule has 4 heteroatoms. The summed E-state index contributed by atoms with van der Waals surface area (Å²) in [5, 5.41) is 9.05. The third kappa shape index (κ3) is 2.20. The third-order valence-corrected chi connectivity index (χ3v) is 2.43. The highest BCUT2D eigenvalue weighted by molar-refractivity contribution is 5.65. The molecule has 0 bridgehead atoms. The molecule has 0 heterocycles. The molecule has 17 heavy (non-hydrogen) atoms. The predicted octanol–water partition coefficient (Wildman–Crippen LogP) is 3.35. The number of rotatable bonds is 2. The van der Waals surface area contributed by atoms with Crippen molar-refractivity contribution in [3.05, 3.63) is 48.0 Å². The van der Waals surface area contributed by atoms with Crippen LogP contribution in [0.3, 0.4) is 0 Å². The fraction of sp³-hybridized carbons (Fsp3) is 0.0769. The molecule has 1 N–H and O–H groups in total. The van der Waals surface area contributed by atoms with Crippen LogP contribution in [0.1, 0.15) is 0 Å². The summed E-state index contributed by atoms with van der Waals surface area (Å²) in [6, 6.07) is 8.03. The van der Waals surface area contributed by atoms with E-state index in [-0.39, 0.29) is 5.56 Å². The van der Waals surface area contributed by atoms with Gasteiger partial charge in [0.05, 0.1) is 7.11 Å². The Hall–Kier alpha value is -2.10. The van der Waals surface area contributed by atoms with Gasteiger partial charge in [-0.1, -0.05) is 6.07 Å². The normalized spacial score (nSPS) is 10.3. The van der Waals surface area contributed by atoms with Crippen LogP contribution in [-0.2, 0) is 0 Å². The number of ether oxygens (including phenoxy) is 1. The van der Waals surface area contributed by atoms with Gasteiger partial charge in [0.2, 0.25) is 0 Å². The SMILES string of the molecule is COc1ccc(-c2ccc(O)c(F)c2)c(F)c1. The zero-order valence-corrected chi connectivity index (χ0v) is 9.08. The first-order valence-corrected chi connectivity index (χ1v) is 4.94. The van der Waals surface area contributed by atoms with E-state index in [4.69, 9.17) is 9.84 Å². The molecule has 0 aliphatic carbocycles. The Morgan fingerprint density at radius 1 is 1.00 bits per heavy atom. The van der Waals surface area contributed by atoms with Crippen molar-refractivity contribution in [1.82, 2.24) is 0 Å². The lowest BCUT2D eigenvalue weighted by Gasteiger charge is -2.06. The molecule has 0 saturated carbocycles. The molecule has 0 atom stereocenters. The van der Waals surface area contributed by atoms with E-state index in [1.54, 1.807) is 6.07 Å². The monoisotopic (exact) mass is 236 g/mol. The van der Waals surface area contributed by atoms with Gasteiger partial charge in [-0.3, -0.25) is 0 Å². The summed E-state index contributed by atoms with van der Waals surface area (Å²) in [6.45, 7) is 0. The number of methoxy groups -OCH3 is 1. The van der Waals surface area contributed by atoms with Crippen molar-refractivity contribution >= 4 is 0 Å². The van der Waals surface area contributed by atoms with E-state index in [0.29, 0.717) is 11.3 Å². The van der Waals surface area contributed by atoms with Crippen molar-refractivity contribution in [3.63, 3.8) is 0 Å². The van der Waals surface area contributed by atoms with Crippen LogP contribution in [0, 0.1) is 11.6 Å². The fourth-order valence-electron chi connectivity index (χ4n) is 1.53. The van der Waals surface area contributed by atoms with Crippen LogP contribution in [0.5, 0.6) is 11.5 Å². The lowest BCUT2D eigenvalue weighted by Crippen LogP contribution is -1.89. The molecule has 0 fully saturated rings. The van der Waals surface area contributed by atoms with Gasteiger partial charge in [-0.25, -0.2) is 8.78 Å². The second kappa shape index (κ2) is 4.41. The number of hydrogen-bond acceptors (Lipinski definition) is 2. The summed E-state index contributed by atoms with van der Waals surface area (Å²) in [5.41, 5.74) is 0.616. The van der Waals surface area contributed by atoms with Gasteiger partial charge in [0, 0.05) is 11.6 Å². The first-order chi connectivity index (χ1) is 8.11. The molecule has 2 aromatic rings. The van der Waals surface area contributed by atoms with Crippen LogP contribution in [0.2, 0.25) is 0 Å². The number of aromatic hydroxyl groups is 1. The summed E-state index contributed by atoms with van der Waals surface area (Å²) in [7, 11) is 1.44. The average molecular weight is 236 g/mol. The van der Waals surface area contributed by atoms with Gasteiger partial charge in [-0.2, -0.15) is 0 Å². The molecule has 88 valence electrons. The number of halogens is 2. The molecule has 0 unspecified atom stereocenters. The summed E-state index contributed by atoms with van der Waals surface area (Å²) in [5.74, 6) is -1.35. The van der Waals surface area contributed by atoms with E-state index < -0.39 is 17.4 Å². The van der Waals surface area contributed by atoms with E-state index in [9.17, 15) is 8.78 Å². The topological polar surface area (TPSA) is 29.5 Å². The molecule has 0 saturated heterocycles. The van der Waals surface area contributed by atoms with Gasteiger partial charge >= 0.3 is 0 Å². The molecule has 0 aliphatic heterocycles. The van der Waals surface area contributed by atoms with Gasteiger partial charge < -0.3 is 9.84 Å². The molecule has 2 nitrogen and oxygen atoms in total. The maximum atomic E-state index is 13.7. The van der Waals surface area contributed by atoms with Crippen molar-refractivity contribution in [2.75, 3.05) is 7.11 Å². The second-order valence-electron chi connectivity index (χ2n) is 3.51. The lowest BCUT2D eigenvalue weighted by atomic mass is 10.0. The quantitative estimate of drug-likeness (QED) is 0.866. The molecular formula is C13H10F2O2. The highest BCUT2D eigenvalue weighted by atomic mass is 19.1. The summed E-state index contributed by atoms with van der Waals surface area (Å²) >= 11 is 0. The Morgan fingerprint density at radius 2 is 1.76 bits per heavy atom. The minimum absolute atomic E-state index is 0.254. The van der Waals surface area contributed by atoms with Gasteiger partial charge in [0.1, 0.15) is 11.6 Å². The smallest absolute Gasteiger partial charge is 0.165 e. The van der Waals surface area contributed by atoms with Crippen LogP contribution < -0.4 is 4.74 Å². The first-order valence-electron chi connectivity index (χ1n) is 4.94. The zero-order valence-electron chi connectivity index (χ0n) is 9.08. The molecule has 2 aromatic carbocycles. The van der Waals surface area contributed by atoms with E-state index >= 15 is 0 Å². The standard InChI is InChI=1S/C13H10F2O2/c1-17-9-3-4-10(11(14)7-9)8-2-5-13(16)12(15)6-8/h2-7,16H,1H3. The number of phenols is 1. The Morgan fingerprint density at radius 3 is 2.35 bits per heavy atom.